The van der Waals surface area contributed by atoms with Gasteiger partial charge in [-0.25, -0.2) is 0 Å². The van der Waals surface area contributed by atoms with E-state index in [4.69, 9.17) is 4.74 Å². The Hall–Kier alpha value is -3.22. The number of pyridine rings is 1. The Labute approximate surface area is 213 Å². The van der Waals surface area contributed by atoms with E-state index in [1.54, 1.807) is 0 Å². The summed E-state index contributed by atoms with van der Waals surface area (Å²) in [6.45, 7) is 12.6. The number of carbonyl (C=O) groups excluding carboxylic acids is 1. The number of hydrogen-bond donors (Lipinski definition) is 2. The van der Waals surface area contributed by atoms with Crippen LogP contribution < -0.4 is 10.9 Å². The zero-order valence-corrected chi connectivity index (χ0v) is 21.9. The molecule has 3 aromatic rings. The molecule has 0 saturated carbocycles. The molecule has 0 unspecified atom stereocenters. The number of amides is 1. The first-order valence-electron chi connectivity index (χ1n) is 12.9. The molecule has 0 bridgehead atoms. The van der Waals surface area contributed by atoms with Crippen molar-refractivity contribution >= 4 is 5.91 Å². The fraction of sp³-hybridized carbons (Fsp3) is 0.400. The van der Waals surface area contributed by atoms with Gasteiger partial charge in [0.05, 0.1) is 13.2 Å². The highest BCUT2D eigenvalue weighted by Crippen LogP contribution is 2.27. The van der Waals surface area contributed by atoms with E-state index in [-0.39, 0.29) is 18.0 Å². The third kappa shape index (κ3) is 6.12. The molecule has 1 aliphatic heterocycles. The number of aromatic amines is 1. The first kappa shape index (κ1) is 25.9. The van der Waals surface area contributed by atoms with Crippen LogP contribution in [0.5, 0.6) is 0 Å². The Morgan fingerprint density at radius 1 is 1.03 bits per heavy atom. The maximum Gasteiger partial charge on any atom is 0.253 e. The summed E-state index contributed by atoms with van der Waals surface area (Å²) in [6, 6.07) is 14.8. The molecule has 6 nitrogen and oxygen atoms in total. The molecule has 1 saturated heterocycles. The van der Waals surface area contributed by atoms with Crippen LogP contribution in [0.15, 0.2) is 47.3 Å². The Bertz CT molecular complexity index is 1270. The van der Waals surface area contributed by atoms with Crippen LogP contribution in [0.4, 0.5) is 0 Å². The third-order valence-corrected chi connectivity index (χ3v) is 7.00. The molecule has 0 atom stereocenters. The van der Waals surface area contributed by atoms with Crippen molar-refractivity contribution in [2.75, 3.05) is 26.3 Å². The lowest BCUT2D eigenvalue weighted by atomic mass is 9.92. The largest absolute Gasteiger partial charge is 0.379 e. The highest BCUT2D eigenvalue weighted by atomic mass is 16.5. The van der Waals surface area contributed by atoms with Crippen LogP contribution >= 0.6 is 0 Å². The lowest BCUT2D eigenvalue weighted by molar-refractivity contribution is 0.0342. The van der Waals surface area contributed by atoms with Crippen molar-refractivity contribution in [2.24, 2.45) is 0 Å². The summed E-state index contributed by atoms with van der Waals surface area (Å²) in [5, 5.41) is 2.99. The van der Waals surface area contributed by atoms with Gasteiger partial charge < -0.3 is 15.0 Å². The van der Waals surface area contributed by atoms with Crippen molar-refractivity contribution in [2.45, 2.75) is 53.6 Å². The maximum absolute atomic E-state index is 13.3. The highest BCUT2D eigenvalue weighted by molar-refractivity contribution is 5.97. The van der Waals surface area contributed by atoms with Gasteiger partial charge in [0.25, 0.3) is 11.5 Å². The van der Waals surface area contributed by atoms with E-state index >= 15 is 0 Å². The van der Waals surface area contributed by atoms with E-state index in [0.29, 0.717) is 11.1 Å². The number of nitrogens with zero attached hydrogens (tertiary/aromatic N) is 1. The van der Waals surface area contributed by atoms with E-state index < -0.39 is 0 Å². The van der Waals surface area contributed by atoms with E-state index in [2.05, 4.69) is 52.5 Å². The fourth-order valence-electron chi connectivity index (χ4n) is 4.89. The molecule has 4 rings (SSSR count). The summed E-state index contributed by atoms with van der Waals surface area (Å²) in [4.78, 5) is 30.9. The number of benzene rings is 2. The van der Waals surface area contributed by atoms with Crippen molar-refractivity contribution in [1.82, 2.24) is 15.2 Å². The normalized spacial score (nSPS) is 14.1. The van der Waals surface area contributed by atoms with Gasteiger partial charge in [-0.2, -0.15) is 0 Å². The second-order valence-corrected chi connectivity index (χ2v) is 9.77. The Balaban J connectivity index is 1.56. The molecule has 0 aliphatic carbocycles. The smallest absolute Gasteiger partial charge is 0.253 e. The Morgan fingerprint density at radius 2 is 1.75 bits per heavy atom. The number of ether oxygens (including phenoxy) is 1. The molecule has 0 radical (unpaired) electrons. The number of morpholine rings is 1. The van der Waals surface area contributed by atoms with Gasteiger partial charge in [0.15, 0.2) is 0 Å². The summed E-state index contributed by atoms with van der Waals surface area (Å²) in [6.07, 6.45) is 1.91. The van der Waals surface area contributed by atoms with Crippen LogP contribution in [-0.2, 0) is 24.2 Å². The summed E-state index contributed by atoms with van der Waals surface area (Å²) >= 11 is 0. The van der Waals surface area contributed by atoms with Crippen molar-refractivity contribution in [3.63, 3.8) is 0 Å². The molecule has 2 aromatic carbocycles. The van der Waals surface area contributed by atoms with Gasteiger partial charge in [-0.3, -0.25) is 14.5 Å². The third-order valence-electron chi connectivity index (χ3n) is 7.00. The van der Waals surface area contributed by atoms with Gasteiger partial charge in [-0.15, -0.1) is 0 Å². The minimum Gasteiger partial charge on any atom is -0.379 e. The number of aromatic nitrogens is 1. The standard InChI is InChI=1S/C30H37N3O3/c1-5-6-25-16-26(24-9-7-23(8-10-24)19-33-11-13-36-14-12-33)17-27(22(25)4)29(34)31-18-28-20(2)15-21(3)32-30(28)35/h7-10,15-17H,5-6,11-14,18-19H2,1-4H3,(H,31,34)(H,32,35). The summed E-state index contributed by atoms with van der Waals surface area (Å²) in [5.41, 5.74) is 8.39. The second kappa shape index (κ2) is 11.7. The molecular formula is C30H37N3O3. The zero-order chi connectivity index (χ0) is 25.7. The monoisotopic (exact) mass is 487 g/mol. The Kier molecular flexibility index (Phi) is 8.39. The first-order valence-corrected chi connectivity index (χ1v) is 12.9. The van der Waals surface area contributed by atoms with Crippen LogP contribution in [0, 0.1) is 20.8 Å². The van der Waals surface area contributed by atoms with Gasteiger partial charge in [-0.1, -0.05) is 43.7 Å². The van der Waals surface area contributed by atoms with E-state index in [0.717, 1.165) is 73.6 Å². The van der Waals surface area contributed by atoms with Crippen molar-refractivity contribution < 1.29 is 9.53 Å². The van der Waals surface area contributed by atoms with Crippen LogP contribution in [0.25, 0.3) is 11.1 Å². The molecule has 36 heavy (non-hydrogen) atoms. The second-order valence-electron chi connectivity index (χ2n) is 9.77. The molecule has 1 amide bonds. The molecule has 0 spiro atoms. The van der Waals surface area contributed by atoms with E-state index in [9.17, 15) is 9.59 Å². The lowest BCUT2D eigenvalue weighted by Crippen LogP contribution is -2.35. The summed E-state index contributed by atoms with van der Waals surface area (Å²) in [5.74, 6) is -0.157. The minimum atomic E-state index is -0.157. The van der Waals surface area contributed by atoms with E-state index in [1.807, 2.05) is 32.9 Å². The lowest BCUT2D eigenvalue weighted by Gasteiger charge is -2.26. The van der Waals surface area contributed by atoms with Crippen molar-refractivity contribution in [1.29, 1.82) is 0 Å². The first-order chi connectivity index (χ1) is 17.4. The van der Waals surface area contributed by atoms with Crippen molar-refractivity contribution in [3.05, 3.63) is 91.9 Å². The van der Waals surface area contributed by atoms with E-state index in [1.165, 1.54) is 11.1 Å². The number of nitrogens with one attached hydrogen (secondary N) is 2. The van der Waals surface area contributed by atoms with Gasteiger partial charge in [0, 0.05) is 43.0 Å². The predicted octanol–water partition coefficient (Wildman–Crippen LogP) is 4.68. The topological polar surface area (TPSA) is 74.4 Å². The minimum absolute atomic E-state index is 0.151. The zero-order valence-electron chi connectivity index (χ0n) is 21.9. The average Bonchev–Trinajstić information content (AvgIpc) is 2.86. The van der Waals surface area contributed by atoms with Gasteiger partial charge >= 0.3 is 0 Å². The Morgan fingerprint density at radius 3 is 2.42 bits per heavy atom. The fourth-order valence-corrected chi connectivity index (χ4v) is 4.89. The molecule has 1 aliphatic rings. The number of rotatable bonds is 8. The van der Waals surface area contributed by atoms with Gasteiger partial charge in [0.2, 0.25) is 0 Å². The van der Waals surface area contributed by atoms with Crippen LogP contribution in [-0.4, -0.2) is 42.1 Å². The van der Waals surface area contributed by atoms with Crippen LogP contribution in [0.3, 0.4) is 0 Å². The number of hydrogen-bond acceptors (Lipinski definition) is 4. The number of H-pyrrole nitrogens is 1. The SMILES string of the molecule is CCCc1cc(-c2ccc(CN3CCOCC3)cc2)cc(C(=O)NCc2c(C)cc(C)[nH]c2=O)c1C. The van der Waals surface area contributed by atoms with Crippen LogP contribution in [0.1, 0.15) is 57.2 Å². The number of carbonyl (C=O) groups is 1. The van der Waals surface area contributed by atoms with Gasteiger partial charge in [0.1, 0.15) is 0 Å². The molecule has 1 fully saturated rings. The molecule has 1 aromatic heterocycles. The predicted molar refractivity (Wildman–Crippen MR) is 144 cm³/mol. The summed E-state index contributed by atoms with van der Waals surface area (Å²) < 4.78 is 5.45. The van der Waals surface area contributed by atoms with Crippen LogP contribution in [0.2, 0.25) is 0 Å². The molecule has 190 valence electrons. The van der Waals surface area contributed by atoms with Crippen molar-refractivity contribution in [3.8, 4) is 11.1 Å². The molecular weight excluding hydrogens is 450 g/mol. The van der Waals surface area contributed by atoms with Gasteiger partial charge in [-0.05, 0) is 72.7 Å². The number of aryl methyl sites for hydroxylation is 3. The quantitative estimate of drug-likeness (QED) is 0.484. The molecule has 2 N–H and O–H groups in total. The summed E-state index contributed by atoms with van der Waals surface area (Å²) in [7, 11) is 0. The average molecular weight is 488 g/mol. The molecule has 2 heterocycles. The highest BCUT2D eigenvalue weighted by Gasteiger charge is 2.16. The molecule has 6 heteroatoms. The maximum atomic E-state index is 13.3.